The van der Waals surface area contributed by atoms with Crippen LogP contribution in [0.5, 0.6) is 11.5 Å². The Hall–Kier alpha value is -3.48. The summed E-state index contributed by atoms with van der Waals surface area (Å²) in [6, 6.07) is 23.8. The van der Waals surface area contributed by atoms with Gasteiger partial charge in [0.2, 0.25) is 0 Å². The average Bonchev–Trinajstić information content (AvgIpc) is 2.85. The molecule has 6 heteroatoms. The monoisotopic (exact) mass is 447 g/mol. The molecule has 0 radical (unpaired) electrons. The first-order chi connectivity index (χ1) is 16.1. The predicted octanol–water partition coefficient (Wildman–Crippen LogP) is 5.34. The molecule has 1 unspecified atom stereocenters. The van der Waals surface area contributed by atoms with E-state index in [1.54, 1.807) is 6.07 Å². The van der Waals surface area contributed by atoms with Crippen molar-refractivity contribution in [1.29, 1.82) is 0 Å². The zero-order valence-corrected chi connectivity index (χ0v) is 18.2. The highest BCUT2D eigenvalue weighted by atomic mass is 19.1. The Morgan fingerprint density at radius 3 is 2.61 bits per heavy atom. The predicted molar refractivity (Wildman–Crippen MR) is 125 cm³/mol. The number of hydrogen-bond donors (Lipinski definition) is 2. The number of nitrogens with zero attached hydrogens (tertiary/aromatic N) is 1. The molecule has 1 atom stereocenters. The van der Waals surface area contributed by atoms with E-state index in [-0.39, 0.29) is 19.0 Å². The van der Waals surface area contributed by atoms with Gasteiger partial charge >= 0.3 is 0 Å². The van der Waals surface area contributed by atoms with E-state index in [0.717, 1.165) is 22.2 Å². The van der Waals surface area contributed by atoms with Crippen LogP contribution in [-0.2, 0) is 13.2 Å². The summed E-state index contributed by atoms with van der Waals surface area (Å²) in [5.41, 5.74) is 3.06. The van der Waals surface area contributed by atoms with E-state index in [4.69, 9.17) is 14.6 Å². The van der Waals surface area contributed by atoms with Crippen molar-refractivity contribution in [2.24, 2.45) is 0 Å². The third-order valence-corrected chi connectivity index (χ3v) is 5.31. The lowest BCUT2D eigenvalue weighted by atomic mass is 10.0. The zero-order valence-electron chi connectivity index (χ0n) is 18.2. The minimum atomic E-state index is -0.813. The smallest absolute Gasteiger partial charge is 0.165 e. The third kappa shape index (κ3) is 6.06. The molecule has 0 aliphatic carbocycles. The number of pyridine rings is 1. The third-order valence-electron chi connectivity index (χ3n) is 5.31. The summed E-state index contributed by atoms with van der Waals surface area (Å²) < 4.78 is 26.0. The molecule has 0 fully saturated rings. The van der Waals surface area contributed by atoms with Crippen LogP contribution in [0.4, 0.5) is 4.39 Å². The maximum Gasteiger partial charge on any atom is 0.165 e. The average molecular weight is 448 g/mol. The van der Waals surface area contributed by atoms with Gasteiger partial charge in [0.25, 0.3) is 0 Å². The largest absolute Gasteiger partial charge is 0.487 e. The fraction of sp³-hybridized carbons (Fsp3) is 0.222. The second-order valence-corrected chi connectivity index (χ2v) is 7.79. The van der Waals surface area contributed by atoms with Crippen LogP contribution in [0.2, 0.25) is 0 Å². The van der Waals surface area contributed by atoms with Crippen molar-refractivity contribution in [3.05, 3.63) is 102 Å². The Balaban J connectivity index is 1.35. The summed E-state index contributed by atoms with van der Waals surface area (Å²) in [5, 5.41) is 20.0. The van der Waals surface area contributed by atoms with Crippen LogP contribution in [0.3, 0.4) is 0 Å². The molecule has 2 N–H and O–H groups in total. The molecule has 0 amide bonds. The molecule has 1 aromatic heterocycles. The molecular formula is C27H26FNO4. The van der Waals surface area contributed by atoms with E-state index >= 15 is 0 Å². The van der Waals surface area contributed by atoms with Crippen LogP contribution in [0.25, 0.3) is 10.9 Å². The second-order valence-electron chi connectivity index (χ2n) is 7.79. The molecule has 3 aromatic carbocycles. The molecule has 0 spiro atoms. The number of rotatable bonds is 10. The first-order valence-electron chi connectivity index (χ1n) is 10.9. The molecular weight excluding hydrogens is 421 g/mol. The summed E-state index contributed by atoms with van der Waals surface area (Å²) in [5.74, 6) is 0.249. The van der Waals surface area contributed by atoms with Gasteiger partial charge in [-0.25, -0.2) is 9.37 Å². The Morgan fingerprint density at radius 2 is 1.76 bits per heavy atom. The fourth-order valence-electron chi connectivity index (χ4n) is 3.52. The van der Waals surface area contributed by atoms with E-state index in [1.165, 1.54) is 12.1 Å². The van der Waals surface area contributed by atoms with Gasteiger partial charge in [-0.15, -0.1) is 0 Å². The fourth-order valence-corrected chi connectivity index (χ4v) is 3.52. The lowest BCUT2D eigenvalue weighted by molar-refractivity contribution is 0.151. The summed E-state index contributed by atoms with van der Waals surface area (Å²) >= 11 is 0. The molecule has 0 bridgehead atoms. The summed E-state index contributed by atoms with van der Waals surface area (Å²) in [6.07, 6.45) is 0.0141. The van der Waals surface area contributed by atoms with Crippen LogP contribution in [0, 0.1) is 5.82 Å². The first kappa shape index (κ1) is 22.7. The number of benzene rings is 3. The van der Waals surface area contributed by atoms with Gasteiger partial charge in [-0.2, -0.15) is 0 Å². The van der Waals surface area contributed by atoms with Crippen molar-refractivity contribution in [3.63, 3.8) is 0 Å². The molecule has 0 aliphatic rings. The van der Waals surface area contributed by atoms with Crippen LogP contribution >= 0.6 is 0 Å². The standard InChI is InChI=1S/C27H26FNO4/c28-24-16-21(26(31)9-4-14-30)11-13-27(24)33-17-19-5-3-7-23(15-19)32-18-22-12-10-20-6-1-2-8-25(20)29-22/h1-3,5-8,10-13,15-16,26,30-31H,4,9,14,17-18H2. The number of fused-ring (bicyclic) bond motifs is 1. The zero-order chi connectivity index (χ0) is 23.0. The number of hydrogen-bond acceptors (Lipinski definition) is 5. The van der Waals surface area contributed by atoms with Gasteiger partial charge in [-0.1, -0.05) is 42.5 Å². The summed E-state index contributed by atoms with van der Waals surface area (Å²) in [6.45, 7) is 0.501. The van der Waals surface area contributed by atoms with E-state index in [2.05, 4.69) is 4.98 Å². The number of aliphatic hydroxyl groups excluding tert-OH is 2. The van der Waals surface area contributed by atoms with E-state index in [9.17, 15) is 9.50 Å². The normalized spacial score (nSPS) is 12.0. The van der Waals surface area contributed by atoms with Gasteiger partial charge in [0.1, 0.15) is 19.0 Å². The Kier molecular flexibility index (Phi) is 7.50. The highest BCUT2D eigenvalue weighted by molar-refractivity contribution is 5.78. The van der Waals surface area contributed by atoms with Crippen molar-refractivity contribution >= 4 is 10.9 Å². The molecule has 33 heavy (non-hydrogen) atoms. The first-order valence-corrected chi connectivity index (χ1v) is 10.9. The van der Waals surface area contributed by atoms with Crippen molar-refractivity contribution in [2.75, 3.05) is 6.61 Å². The Labute approximate surface area is 192 Å². The topological polar surface area (TPSA) is 71.8 Å². The Morgan fingerprint density at radius 1 is 0.879 bits per heavy atom. The quantitative estimate of drug-likeness (QED) is 0.343. The SMILES string of the molecule is OCCCC(O)c1ccc(OCc2cccc(OCc3ccc4ccccc4n3)c2)c(F)c1. The molecule has 1 heterocycles. The van der Waals surface area contributed by atoms with Crippen LogP contribution in [-0.4, -0.2) is 21.8 Å². The minimum Gasteiger partial charge on any atom is -0.487 e. The van der Waals surface area contributed by atoms with E-state index in [1.807, 2.05) is 60.7 Å². The number of para-hydroxylation sites is 1. The van der Waals surface area contributed by atoms with Gasteiger partial charge in [0.05, 0.1) is 17.3 Å². The highest BCUT2D eigenvalue weighted by Crippen LogP contribution is 2.26. The highest BCUT2D eigenvalue weighted by Gasteiger charge is 2.12. The molecule has 0 saturated heterocycles. The van der Waals surface area contributed by atoms with Gasteiger partial charge in [0, 0.05) is 12.0 Å². The Bertz CT molecular complexity index is 1210. The summed E-state index contributed by atoms with van der Waals surface area (Å²) in [7, 11) is 0. The van der Waals surface area contributed by atoms with Crippen molar-refractivity contribution in [1.82, 2.24) is 4.98 Å². The van der Waals surface area contributed by atoms with Gasteiger partial charge < -0.3 is 19.7 Å². The molecule has 0 aliphatic heterocycles. The number of ether oxygens (including phenoxy) is 2. The number of halogens is 1. The number of aromatic nitrogens is 1. The van der Waals surface area contributed by atoms with Crippen molar-refractivity contribution in [3.8, 4) is 11.5 Å². The molecule has 4 rings (SSSR count). The van der Waals surface area contributed by atoms with Crippen LogP contribution < -0.4 is 9.47 Å². The minimum absolute atomic E-state index is 0.0116. The second kappa shape index (κ2) is 10.9. The van der Waals surface area contributed by atoms with Gasteiger partial charge in [0.15, 0.2) is 11.6 Å². The molecule has 5 nitrogen and oxygen atoms in total. The van der Waals surface area contributed by atoms with Crippen molar-refractivity contribution in [2.45, 2.75) is 32.2 Å². The van der Waals surface area contributed by atoms with E-state index < -0.39 is 11.9 Å². The van der Waals surface area contributed by atoms with Crippen LogP contribution in [0.1, 0.15) is 35.8 Å². The maximum absolute atomic E-state index is 14.4. The van der Waals surface area contributed by atoms with Gasteiger partial charge in [-0.3, -0.25) is 0 Å². The lowest BCUT2D eigenvalue weighted by Gasteiger charge is -2.13. The lowest BCUT2D eigenvalue weighted by Crippen LogP contribution is -2.02. The number of aliphatic hydroxyl groups is 2. The molecule has 4 aromatic rings. The maximum atomic E-state index is 14.4. The van der Waals surface area contributed by atoms with Gasteiger partial charge in [-0.05, 0) is 60.4 Å². The van der Waals surface area contributed by atoms with Crippen LogP contribution in [0.15, 0.2) is 78.9 Å². The molecule has 0 saturated carbocycles. The van der Waals surface area contributed by atoms with Crippen molar-refractivity contribution < 1.29 is 24.1 Å². The molecule has 170 valence electrons. The van der Waals surface area contributed by atoms with E-state index in [0.29, 0.717) is 30.8 Å². The summed E-state index contributed by atoms with van der Waals surface area (Å²) in [4.78, 5) is 4.61.